The molecule has 0 unspecified atom stereocenters. The van der Waals surface area contributed by atoms with Crippen LogP contribution in [0.3, 0.4) is 0 Å². The summed E-state index contributed by atoms with van der Waals surface area (Å²) < 4.78 is 59.8. The van der Waals surface area contributed by atoms with Gasteiger partial charge in [0.05, 0.1) is 11.1 Å². The number of imidazole rings is 1. The van der Waals surface area contributed by atoms with Crippen molar-refractivity contribution in [2.45, 2.75) is 52.8 Å². The molecule has 0 bridgehead atoms. The Kier molecular flexibility index (Phi) is 13.5. The highest BCUT2D eigenvalue weighted by atomic mass is 19.4. The number of anilines is 1. The number of nitrogens with two attached hydrogens (primary N) is 2. The van der Waals surface area contributed by atoms with Crippen LogP contribution >= 0.6 is 0 Å². The second-order valence-electron chi connectivity index (χ2n) is 10.6. The molecule has 1 amide bonds. The molecule has 5 rings (SSSR count). The molecule has 0 aliphatic heterocycles. The number of nitrogens with zero attached hydrogens (tertiary/aromatic N) is 4. The number of aromatic amines is 1. The molecular formula is C32H41F4N9O2. The largest absolute Gasteiger partial charge is 0.416 e. The van der Waals surface area contributed by atoms with Gasteiger partial charge in [0.1, 0.15) is 11.6 Å². The minimum atomic E-state index is -4.56. The first kappa shape index (κ1) is 38.3. The van der Waals surface area contributed by atoms with Crippen molar-refractivity contribution in [2.75, 3.05) is 26.9 Å². The lowest BCUT2D eigenvalue weighted by Gasteiger charge is -2.10. The van der Waals surface area contributed by atoms with Crippen molar-refractivity contribution >= 4 is 22.8 Å². The molecule has 254 valence electrons. The van der Waals surface area contributed by atoms with Crippen LogP contribution in [0.25, 0.3) is 33.7 Å². The number of aromatic nitrogens is 5. The Labute approximate surface area is 270 Å². The highest BCUT2D eigenvalue weighted by molar-refractivity contribution is 5.92. The number of H-pyrrole nitrogens is 1. The zero-order valence-electron chi connectivity index (χ0n) is 27.6. The van der Waals surface area contributed by atoms with Gasteiger partial charge in [-0.15, -0.1) is 0 Å². The summed E-state index contributed by atoms with van der Waals surface area (Å²) in [7, 11) is 5.25. The first-order chi connectivity index (χ1) is 22.2. The van der Waals surface area contributed by atoms with Crippen LogP contribution in [0.4, 0.5) is 23.2 Å². The fourth-order valence-corrected chi connectivity index (χ4v) is 3.95. The van der Waals surface area contributed by atoms with Gasteiger partial charge in [0.2, 0.25) is 0 Å². The van der Waals surface area contributed by atoms with Crippen LogP contribution in [0.15, 0.2) is 53.2 Å². The number of benzene rings is 2. The summed E-state index contributed by atoms with van der Waals surface area (Å²) in [6, 6.07) is 9.01. The Balaban J connectivity index is 0.00000102. The average Bonchev–Trinajstić information content (AvgIpc) is 3.71. The van der Waals surface area contributed by atoms with Gasteiger partial charge in [-0.05, 0) is 57.0 Å². The van der Waals surface area contributed by atoms with Crippen molar-refractivity contribution in [2.24, 2.45) is 5.73 Å². The quantitative estimate of drug-likeness (QED) is 0.111. The number of pyridine rings is 1. The average molecular weight is 660 g/mol. The van der Waals surface area contributed by atoms with Gasteiger partial charge in [0.15, 0.2) is 11.5 Å². The molecule has 3 aromatic heterocycles. The van der Waals surface area contributed by atoms with Crippen molar-refractivity contribution in [3.05, 3.63) is 77.3 Å². The third-order valence-corrected chi connectivity index (χ3v) is 6.12. The monoisotopic (exact) mass is 659 g/mol. The summed E-state index contributed by atoms with van der Waals surface area (Å²) in [5.74, 6) is -0.993. The molecule has 15 heteroatoms. The van der Waals surface area contributed by atoms with Crippen LogP contribution in [0.5, 0.6) is 0 Å². The van der Waals surface area contributed by atoms with Crippen LogP contribution in [0.2, 0.25) is 0 Å². The molecule has 7 N–H and O–H groups in total. The summed E-state index contributed by atoms with van der Waals surface area (Å²) in [4.78, 5) is 28.0. The number of amides is 1. The Morgan fingerprint density at radius 1 is 0.979 bits per heavy atom. The summed E-state index contributed by atoms with van der Waals surface area (Å²) in [6.07, 6.45) is -3.10. The van der Waals surface area contributed by atoms with E-state index >= 15 is 4.39 Å². The van der Waals surface area contributed by atoms with E-state index in [9.17, 15) is 18.0 Å². The number of hydrogen-bond acceptors (Lipinski definition) is 9. The number of nitrogen functional groups attached to an aromatic ring is 1. The maximum atomic E-state index is 15.1. The molecule has 0 saturated heterocycles. The number of rotatable bonds is 5. The minimum Gasteiger partial charge on any atom is -0.398 e. The molecule has 0 aliphatic rings. The van der Waals surface area contributed by atoms with Gasteiger partial charge < -0.3 is 31.6 Å². The molecule has 0 saturated carbocycles. The molecule has 2 aromatic carbocycles. The van der Waals surface area contributed by atoms with E-state index in [1.807, 2.05) is 48.7 Å². The van der Waals surface area contributed by atoms with E-state index in [0.717, 1.165) is 18.2 Å². The summed E-state index contributed by atoms with van der Waals surface area (Å²) >= 11 is 0. The first-order valence-electron chi connectivity index (χ1n) is 14.6. The topological polar surface area (TPSA) is 174 Å². The van der Waals surface area contributed by atoms with E-state index in [-0.39, 0.29) is 40.7 Å². The predicted octanol–water partition coefficient (Wildman–Crippen LogP) is 6.08. The predicted molar refractivity (Wildman–Crippen MR) is 175 cm³/mol. The third-order valence-electron chi connectivity index (χ3n) is 6.12. The normalized spacial score (nSPS) is 11.0. The van der Waals surface area contributed by atoms with Crippen molar-refractivity contribution < 1.29 is 26.9 Å². The maximum absolute atomic E-state index is 15.1. The number of nitrogens with one attached hydrogen (secondary N) is 3. The molecular weight excluding hydrogens is 618 g/mol. The van der Waals surface area contributed by atoms with Gasteiger partial charge in [0, 0.05) is 40.5 Å². The molecule has 0 radical (unpaired) electrons. The third kappa shape index (κ3) is 9.56. The maximum Gasteiger partial charge on any atom is 0.416 e. The van der Waals surface area contributed by atoms with E-state index in [2.05, 4.69) is 41.5 Å². The van der Waals surface area contributed by atoms with Crippen molar-refractivity contribution in [1.82, 2.24) is 35.7 Å². The smallest absolute Gasteiger partial charge is 0.398 e. The van der Waals surface area contributed by atoms with E-state index < -0.39 is 28.9 Å². The van der Waals surface area contributed by atoms with E-state index in [1.54, 1.807) is 12.1 Å². The number of carbonyl (C=O) groups excluding carboxylic acids is 1. The van der Waals surface area contributed by atoms with Gasteiger partial charge in [-0.1, -0.05) is 51.9 Å². The molecule has 11 nitrogen and oxygen atoms in total. The lowest BCUT2D eigenvalue weighted by Crippen LogP contribution is -2.24. The number of hydrogen-bond donors (Lipinski definition) is 5. The van der Waals surface area contributed by atoms with Gasteiger partial charge >= 0.3 is 18.0 Å². The Morgan fingerprint density at radius 3 is 2.21 bits per heavy atom. The van der Waals surface area contributed by atoms with Crippen LogP contribution in [0.1, 0.15) is 62.3 Å². The lowest BCUT2D eigenvalue weighted by atomic mass is 9.96. The second kappa shape index (κ2) is 16.6. The summed E-state index contributed by atoms with van der Waals surface area (Å²) in [6.45, 7) is 9.49. The van der Waals surface area contributed by atoms with Crippen molar-refractivity contribution in [3.8, 4) is 22.5 Å². The molecule has 0 atom stereocenters. The van der Waals surface area contributed by atoms with Crippen molar-refractivity contribution in [1.29, 1.82) is 0 Å². The number of alkyl halides is 3. The Morgan fingerprint density at radius 2 is 1.64 bits per heavy atom. The van der Waals surface area contributed by atoms with Crippen LogP contribution in [-0.4, -0.2) is 52.1 Å². The number of fused-ring (bicyclic) bond motifs is 1. The fraction of sp³-hybridized carbons (Fsp3) is 0.344. The summed E-state index contributed by atoms with van der Waals surface area (Å²) in [5, 5.41) is 9.11. The highest BCUT2D eigenvalue weighted by Gasteiger charge is 2.31. The zero-order valence-corrected chi connectivity index (χ0v) is 27.6. The molecule has 0 aliphatic carbocycles. The lowest BCUT2D eigenvalue weighted by molar-refractivity contribution is -0.137. The minimum absolute atomic E-state index is 0.0620. The van der Waals surface area contributed by atoms with E-state index in [4.69, 9.17) is 10.3 Å². The van der Waals surface area contributed by atoms with E-state index in [1.165, 1.54) is 25.4 Å². The molecule has 5 aromatic rings. The molecule has 0 spiro atoms. The molecule has 3 heterocycles. The zero-order chi connectivity index (χ0) is 35.5. The Bertz CT molecular complexity index is 1760. The SMILES string of the molecule is CC.CC(C)(C)c1noc(C(=O)NCc2ccc(-c3ccnc4nc(-c5cc(C(F)(F)F)ccc5N)[nH]c34)cc2F)n1.CN.CNC. The standard InChI is InChI=1S/C27H23F4N7O2.C2H7N.C2H6.CH5N/c1-26(2,3)25-37-24(40-38-25)23(39)34-12-14-5-4-13(10-18(14)28)16-8-9-33-22-20(16)35-21(36-22)17-11-15(27(29,30)31)6-7-19(17)32;1-3-2;2*1-2/h4-11H,12,32H2,1-3H3,(H,34,39)(H,33,35,36);3H,1-2H3;1-2H3;2H2,1H3. The van der Waals surface area contributed by atoms with Crippen LogP contribution in [-0.2, 0) is 18.1 Å². The van der Waals surface area contributed by atoms with Gasteiger partial charge in [-0.3, -0.25) is 4.79 Å². The number of halogens is 4. The Hall–Kier alpha value is -4.89. The fourth-order valence-electron chi connectivity index (χ4n) is 3.95. The molecule has 47 heavy (non-hydrogen) atoms. The highest BCUT2D eigenvalue weighted by Crippen LogP contribution is 2.36. The first-order valence-corrected chi connectivity index (χ1v) is 14.6. The summed E-state index contributed by atoms with van der Waals surface area (Å²) in [5.41, 5.74) is 11.1. The van der Waals surface area contributed by atoms with Crippen molar-refractivity contribution in [3.63, 3.8) is 0 Å². The van der Waals surface area contributed by atoms with Gasteiger partial charge in [-0.25, -0.2) is 14.4 Å². The van der Waals surface area contributed by atoms with Gasteiger partial charge in [0.25, 0.3) is 0 Å². The van der Waals surface area contributed by atoms with Crippen LogP contribution < -0.4 is 22.1 Å². The van der Waals surface area contributed by atoms with Gasteiger partial charge in [-0.2, -0.15) is 18.2 Å². The van der Waals surface area contributed by atoms with Crippen LogP contribution in [0, 0.1) is 5.82 Å². The second-order valence-corrected chi connectivity index (χ2v) is 10.6. The van der Waals surface area contributed by atoms with E-state index in [0.29, 0.717) is 22.5 Å². The molecule has 0 fully saturated rings. The number of carbonyl (C=O) groups is 1.